The Morgan fingerprint density at radius 3 is 2.38 bits per heavy atom. The standard InChI is InChI=1S/C22H27FN6/c1-2-6-21(28-15-13-27(14-16-28)20-7-4-3-5-8-20)22-24-25-26-29(22)17-18-9-11-19(23)12-10-18/h3-5,7-12,21H,2,6,13-17H2,1H3. The second kappa shape index (κ2) is 9.13. The van der Waals surface area contributed by atoms with E-state index in [0.717, 1.165) is 50.4 Å². The van der Waals surface area contributed by atoms with E-state index < -0.39 is 0 Å². The highest BCUT2D eigenvalue weighted by Gasteiger charge is 2.28. The van der Waals surface area contributed by atoms with Gasteiger partial charge in [0.15, 0.2) is 5.82 Å². The summed E-state index contributed by atoms with van der Waals surface area (Å²) < 4.78 is 15.1. The van der Waals surface area contributed by atoms with Gasteiger partial charge < -0.3 is 4.90 Å². The number of rotatable bonds is 7. The molecule has 0 aliphatic carbocycles. The van der Waals surface area contributed by atoms with Crippen LogP contribution in [-0.2, 0) is 6.54 Å². The molecule has 0 saturated carbocycles. The van der Waals surface area contributed by atoms with Gasteiger partial charge in [-0.25, -0.2) is 9.07 Å². The molecule has 152 valence electrons. The molecule has 0 spiro atoms. The molecule has 29 heavy (non-hydrogen) atoms. The van der Waals surface area contributed by atoms with E-state index in [9.17, 15) is 4.39 Å². The predicted octanol–water partition coefficient (Wildman–Crippen LogP) is 3.52. The Kier molecular flexibility index (Phi) is 6.14. The highest BCUT2D eigenvalue weighted by Crippen LogP contribution is 2.27. The number of piperazine rings is 1. The van der Waals surface area contributed by atoms with Crippen LogP contribution in [0.3, 0.4) is 0 Å². The van der Waals surface area contributed by atoms with E-state index >= 15 is 0 Å². The molecule has 1 aliphatic rings. The zero-order valence-electron chi connectivity index (χ0n) is 16.8. The summed E-state index contributed by atoms with van der Waals surface area (Å²) >= 11 is 0. The van der Waals surface area contributed by atoms with Crippen LogP contribution in [0.25, 0.3) is 0 Å². The number of anilines is 1. The summed E-state index contributed by atoms with van der Waals surface area (Å²) in [6.45, 7) is 6.67. The molecular formula is C22H27FN6. The zero-order valence-corrected chi connectivity index (χ0v) is 16.8. The number of benzene rings is 2. The lowest BCUT2D eigenvalue weighted by Crippen LogP contribution is -2.48. The number of halogens is 1. The van der Waals surface area contributed by atoms with Crippen LogP contribution in [0.15, 0.2) is 54.6 Å². The van der Waals surface area contributed by atoms with Gasteiger partial charge in [-0.1, -0.05) is 43.7 Å². The molecule has 6 nitrogen and oxygen atoms in total. The fourth-order valence-electron chi connectivity index (χ4n) is 4.00. The first-order chi connectivity index (χ1) is 14.2. The molecule has 0 N–H and O–H groups in total. The fourth-order valence-corrected chi connectivity index (χ4v) is 4.00. The number of aromatic nitrogens is 4. The molecular weight excluding hydrogens is 367 g/mol. The molecule has 4 rings (SSSR count). The van der Waals surface area contributed by atoms with Gasteiger partial charge in [-0.05, 0) is 46.7 Å². The monoisotopic (exact) mass is 394 g/mol. The molecule has 0 bridgehead atoms. The summed E-state index contributed by atoms with van der Waals surface area (Å²) in [5.74, 6) is 0.662. The van der Waals surface area contributed by atoms with Crippen molar-refractivity contribution in [2.75, 3.05) is 31.1 Å². The number of para-hydroxylation sites is 1. The van der Waals surface area contributed by atoms with E-state index in [1.54, 1.807) is 12.1 Å². The van der Waals surface area contributed by atoms with Gasteiger partial charge in [0, 0.05) is 31.9 Å². The van der Waals surface area contributed by atoms with Gasteiger partial charge in [-0.2, -0.15) is 0 Å². The van der Waals surface area contributed by atoms with Crippen LogP contribution in [0.4, 0.5) is 10.1 Å². The van der Waals surface area contributed by atoms with Crippen molar-refractivity contribution in [2.24, 2.45) is 0 Å². The van der Waals surface area contributed by atoms with Gasteiger partial charge in [0.05, 0.1) is 12.6 Å². The third-order valence-corrected chi connectivity index (χ3v) is 5.54. The summed E-state index contributed by atoms with van der Waals surface area (Å²) in [5.41, 5.74) is 2.27. The van der Waals surface area contributed by atoms with E-state index in [-0.39, 0.29) is 11.9 Å². The van der Waals surface area contributed by atoms with Crippen LogP contribution in [0, 0.1) is 5.82 Å². The van der Waals surface area contributed by atoms with Crippen molar-refractivity contribution in [1.82, 2.24) is 25.1 Å². The van der Waals surface area contributed by atoms with Crippen LogP contribution >= 0.6 is 0 Å². The number of nitrogens with zero attached hydrogens (tertiary/aromatic N) is 6. The van der Waals surface area contributed by atoms with Crippen molar-refractivity contribution in [2.45, 2.75) is 32.4 Å². The number of hydrogen-bond donors (Lipinski definition) is 0. The minimum Gasteiger partial charge on any atom is -0.369 e. The third-order valence-electron chi connectivity index (χ3n) is 5.54. The zero-order chi connectivity index (χ0) is 20.1. The van der Waals surface area contributed by atoms with Crippen molar-refractivity contribution < 1.29 is 4.39 Å². The molecule has 3 aromatic rings. The minimum absolute atomic E-state index is 0.188. The molecule has 0 amide bonds. The van der Waals surface area contributed by atoms with Crippen molar-refractivity contribution in [3.05, 3.63) is 71.8 Å². The van der Waals surface area contributed by atoms with Crippen LogP contribution < -0.4 is 4.90 Å². The van der Waals surface area contributed by atoms with Crippen LogP contribution in [-0.4, -0.2) is 51.3 Å². The topological polar surface area (TPSA) is 50.1 Å². The third kappa shape index (κ3) is 4.62. The maximum absolute atomic E-state index is 13.2. The number of tetrazole rings is 1. The lowest BCUT2D eigenvalue weighted by molar-refractivity contribution is 0.164. The lowest BCUT2D eigenvalue weighted by atomic mass is 10.1. The maximum Gasteiger partial charge on any atom is 0.168 e. The molecule has 0 radical (unpaired) electrons. The maximum atomic E-state index is 13.2. The van der Waals surface area contributed by atoms with Crippen LogP contribution in [0.1, 0.15) is 37.2 Å². The molecule has 1 atom stereocenters. The Labute approximate surface area is 170 Å². The van der Waals surface area contributed by atoms with E-state index in [0.29, 0.717) is 6.54 Å². The molecule has 1 fully saturated rings. The smallest absolute Gasteiger partial charge is 0.168 e. The molecule has 1 unspecified atom stereocenters. The van der Waals surface area contributed by atoms with Crippen molar-refractivity contribution in [3.63, 3.8) is 0 Å². The van der Waals surface area contributed by atoms with Gasteiger partial charge in [-0.15, -0.1) is 5.10 Å². The normalized spacial score (nSPS) is 16.1. The molecule has 2 aromatic carbocycles. The Bertz CT molecular complexity index is 887. The average molecular weight is 394 g/mol. The summed E-state index contributed by atoms with van der Waals surface area (Å²) in [5, 5.41) is 12.5. The van der Waals surface area contributed by atoms with Gasteiger partial charge >= 0.3 is 0 Å². The first-order valence-corrected chi connectivity index (χ1v) is 10.3. The summed E-state index contributed by atoms with van der Waals surface area (Å²) in [7, 11) is 0. The van der Waals surface area contributed by atoms with Gasteiger partial charge in [0.1, 0.15) is 5.82 Å². The summed E-state index contributed by atoms with van der Waals surface area (Å²) in [6, 6.07) is 17.3. The van der Waals surface area contributed by atoms with E-state index in [1.165, 1.54) is 17.8 Å². The minimum atomic E-state index is -0.231. The molecule has 1 aliphatic heterocycles. The van der Waals surface area contributed by atoms with Crippen molar-refractivity contribution in [3.8, 4) is 0 Å². The summed E-state index contributed by atoms with van der Waals surface area (Å²) in [6.07, 6.45) is 2.07. The fraction of sp³-hybridized carbons (Fsp3) is 0.409. The van der Waals surface area contributed by atoms with Gasteiger partial charge in [-0.3, -0.25) is 4.90 Å². The van der Waals surface area contributed by atoms with E-state index in [1.807, 2.05) is 4.68 Å². The average Bonchev–Trinajstić information content (AvgIpc) is 3.22. The largest absolute Gasteiger partial charge is 0.369 e. The molecule has 2 heterocycles. The predicted molar refractivity (Wildman–Crippen MR) is 111 cm³/mol. The second-order valence-electron chi connectivity index (χ2n) is 7.48. The Balaban J connectivity index is 1.47. The Hall–Kier alpha value is -2.80. The molecule has 7 heteroatoms. The first kappa shape index (κ1) is 19.5. The van der Waals surface area contributed by atoms with Gasteiger partial charge in [0.2, 0.25) is 0 Å². The number of hydrogen-bond acceptors (Lipinski definition) is 5. The summed E-state index contributed by atoms with van der Waals surface area (Å²) in [4.78, 5) is 4.93. The van der Waals surface area contributed by atoms with Crippen molar-refractivity contribution in [1.29, 1.82) is 0 Å². The molecule has 1 aromatic heterocycles. The Morgan fingerprint density at radius 2 is 1.69 bits per heavy atom. The lowest BCUT2D eigenvalue weighted by Gasteiger charge is -2.39. The highest BCUT2D eigenvalue weighted by atomic mass is 19.1. The molecule has 1 saturated heterocycles. The van der Waals surface area contributed by atoms with Crippen LogP contribution in [0.2, 0.25) is 0 Å². The van der Waals surface area contributed by atoms with Gasteiger partial charge in [0.25, 0.3) is 0 Å². The SMILES string of the molecule is CCCC(c1nnnn1Cc1ccc(F)cc1)N1CCN(c2ccccc2)CC1. The van der Waals surface area contributed by atoms with E-state index in [2.05, 4.69) is 62.6 Å². The second-order valence-corrected chi connectivity index (χ2v) is 7.48. The quantitative estimate of drug-likeness (QED) is 0.614. The first-order valence-electron chi connectivity index (χ1n) is 10.3. The highest BCUT2D eigenvalue weighted by molar-refractivity contribution is 5.46. The van der Waals surface area contributed by atoms with Crippen LogP contribution in [0.5, 0.6) is 0 Å². The van der Waals surface area contributed by atoms with Crippen molar-refractivity contribution >= 4 is 5.69 Å². The van der Waals surface area contributed by atoms with E-state index in [4.69, 9.17) is 0 Å². The Morgan fingerprint density at radius 1 is 0.966 bits per heavy atom.